The number of piperidine rings is 2. The second-order valence-corrected chi connectivity index (χ2v) is 9.43. The zero-order valence-corrected chi connectivity index (χ0v) is 17.8. The molecular weight excluding hydrogens is 398 g/mol. The van der Waals surface area contributed by atoms with Gasteiger partial charge < -0.3 is 10.5 Å². The molecule has 0 atom stereocenters. The summed E-state index contributed by atoms with van der Waals surface area (Å²) in [7, 11) is -2.82. The van der Waals surface area contributed by atoms with Crippen molar-refractivity contribution in [2.75, 3.05) is 33.3 Å². The Bertz CT molecular complexity index is 867. The Balaban J connectivity index is 1.85. The standard InChI is InChI=1S/C18H29N5O5S/c1-3-13-14(16(24)28-2)15(21-20-13)29(26,27)23-11-7-18(8-12-23,17(19)25)22-9-5-4-6-10-22/h3-12H2,1-2H3,(H2,19,25)(H,20,21). The van der Waals surface area contributed by atoms with Crippen LogP contribution in [0.15, 0.2) is 5.03 Å². The Kier molecular flexibility index (Phi) is 6.30. The Labute approximate surface area is 170 Å². The minimum atomic E-state index is -4.02. The SMILES string of the molecule is CCc1[nH]nc(S(=O)(=O)N2CCC(C(N)=O)(N3CCCCC3)CC2)c1C(=O)OC. The van der Waals surface area contributed by atoms with E-state index in [0.717, 1.165) is 32.4 Å². The molecule has 2 aliphatic rings. The average molecular weight is 428 g/mol. The van der Waals surface area contributed by atoms with Crippen LogP contribution in [0, 0.1) is 0 Å². The molecule has 29 heavy (non-hydrogen) atoms. The highest BCUT2D eigenvalue weighted by molar-refractivity contribution is 7.89. The summed E-state index contributed by atoms with van der Waals surface area (Å²) < 4.78 is 32.5. The normalized spacial score (nSPS) is 21.0. The molecule has 10 nitrogen and oxygen atoms in total. The molecule has 2 fully saturated rings. The lowest BCUT2D eigenvalue weighted by Crippen LogP contribution is -2.63. The van der Waals surface area contributed by atoms with Crippen LogP contribution in [0.2, 0.25) is 0 Å². The molecule has 1 amide bonds. The summed E-state index contributed by atoms with van der Waals surface area (Å²) in [5.41, 5.74) is 5.30. The van der Waals surface area contributed by atoms with E-state index in [9.17, 15) is 18.0 Å². The zero-order valence-electron chi connectivity index (χ0n) is 16.9. The zero-order chi connectivity index (χ0) is 21.2. The first-order valence-electron chi connectivity index (χ1n) is 9.98. The maximum Gasteiger partial charge on any atom is 0.342 e. The smallest absolute Gasteiger partial charge is 0.342 e. The van der Waals surface area contributed by atoms with Gasteiger partial charge in [-0.1, -0.05) is 13.3 Å². The molecule has 0 aliphatic carbocycles. The number of rotatable bonds is 6. The van der Waals surface area contributed by atoms with E-state index >= 15 is 0 Å². The number of primary amides is 1. The van der Waals surface area contributed by atoms with Crippen LogP contribution >= 0.6 is 0 Å². The number of methoxy groups -OCH3 is 1. The number of carbonyl (C=O) groups is 2. The highest BCUT2D eigenvalue weighted by atomic mass is 32.2. The van der Waals surface area contributed by atoms with Crippen LogP contribution in [-0.2, 0) is 26.0 Å². The van der Waals surface area contributed by atoms with Crippen LogP contribution < -0.4 is 5.73 Å². The number of nitrogens with zero attached hydrogens (tertiary/aromatic N) is 3. The Morgan fingerprint density at radius 3 is 2.31 bits per heavy atom. The highest BCUT2D eigenvalue weighted by Crippen LogP contribution is 2.34. The molecule has 3 rings (SSSR count). The summed E-state index contributed by atoms with van der Waals surface area (Å²) in [4.78, 5) is 26.6. The molecule has 0 spiro atoms. The van der Waals surface area contributed by atoms with Gasteiger partial charge in [-0.25, -0.2) is 13.2 Å². The van der Waals surface area contributed by atoms with Crippen LogP contribution in [-0.4, -0.2) is 78.5 Å². The van der Waals surface area contributed by atoms with Crippen molar-refractivity contribution in [1.29, 1.82) is 0 Å². The molecule has 2 aliphatic heterocycles. The summed E-state index contributed by atoms with van der Waals surface area (Å²) in [6.45, 7) is 3.65. The van der Waals surface area contributed by atoms with Crippen molar-refractivity contribution < 1.29 is 22.7 Å². The number of aromatic amines is 1. The summed E-state index contributed by atoms with van der Waals surface area (Å²) in [5, 5.41) is 6.21. The number of hydrogen-bond acceptors (Lipinski definition) is 7. The van der Waals surface area contributed by atoms with Crippen LogP contribution in [0.3, 0.4) is 0 Å². The first kappa shape index (κ1) is 21.7. The average Bonchev–Trinajstić information content (AvgIpc) is 3.18. The van der Waals surface area contributed by atoms with Crippen LogP contribution in [0.25, 0.3) is 0 Å². The number of nitrogens with one attached hydrogen (secondary N) is 1. The molecule has 3 N–H and O–H groups in total. The molecule has 2 saturated heterocycles. The van der Waals surface area contributed by atoms with Crippen molar-refractivity contribution in [2.24, 2.45) is 5.73 Å². The van der Waals surface area contributed by atoms with E-state index in [1.54, 1.807) is 6.92 Å². The Morgan fingerprint density at radius 2 is 1.79 bits per heavy atom. The molecule has 0 radical (unpaired) electrons. The van der Waals surface area contributed by atoms with E-state index < -0.39 is 27.4 Å². The molecule has 1 aromatic rings. The highest BCUT2D eigenvalue weighted by Gasteiger charge is 2.48. The minimum absolute atomic E-state index is 0.0576. The van der Waals surface area contributed by atoms with Crippen molar-refractivity contribution in [3.05, 3.63) is 11.3 Å². The van der Waals surface area contributed by atoms with E-state index in [-0.39, 0.29) is 23.7 Å². The molecular formula is C18H29N5O5S. The van der Waals surface area contributed by atoms with Gasteiger partial charge >= 0.3 is 5.97 Å². The second-order valence-electron chi connectivity index (χ2n) is 7.58. The van der Waals surface area contributed by atoms with Crippen molar-refractivity contribution >= 4 is 21.9 Å². The van der Waals surface area contributed by atoms with E-state index in [1.807, 2.05) is 0 Å². The fourth-order valence-electron chi connectivity index (χ4n) is 4.37. The number of carbonyl (C=O) groups excluding carboxylic acids is 2. The lowest BCUT2D eigenvalue weighted by molar-refractivity contribution is -0.134. The van der Waals surface area contributed by atoms with Gasteiger partial charge in [-0.05, 0) is 45.2 Å². The molecule has 162 valence electrons. The Hall–Kier alpha value is -1.98. The first-order chi connectivity index (χ1) is 13.8. The first-order valence-corrected chi connectivity index (χ1v) is 11.4. The fraction of sp³-hybridized carbons (Fsp3) is 0.722. The quantitative estimate of drug-likeness (QED) is 0.621. The summed E-state index contributed by atoms with van der Waals surface area (Å²) in [6, 6.07) is 0. The molecule has 0 bridgehead atoms. The Morgan fingerprint density at radius 1 is 1.17 bits per heavy atom. The lowest BCUT2D eigenvalue weighted by atomic mass is 9.84. The molecule has 0 saturated carbocycles. The van der Waals surface area contributed by atoms with Gasteiger partial charge in [-0.15, -0.1) is 0 Å². The number of sulfonamides is 1. The summed E-state index contributed by atoms with van der Waals surface area (Å²) >= 11 is 0. The van der Waals surface area contributed by atoms with Gasteiger partial charge in [0.2, 0.25) is 10.9 Å². The number of ether oxygens (including phenoxy) is 1. The van der Waals surface area contributed by atoms with E-state index in [1.165, 1.54) is 11.4 Å². The van der Waals surface area contributed by atoms with Gasteiger partial charge in [0.05, 0.1) is 12.8 Å². The lowest BCUT2D eigenvalue weighted by Gasteiger charge is -2.47. The molecule has 0 unspecified atom stereocenters. The molecule has 1 aromatic heterocycles. The van der Waals surface area contributed by atoms with Gasteiger partial charge in [0, 0.05) is 13.1 Å². The number of amides is 1. The van der Waals surface area contributed by atoms with E-state index in [0.29, 0.717) is 25.0 Å². The predicted octanol–water partition coefficient (Wildman–Crippen LogP) is 0.253. The summed E-state index contributed by atoms with van der Waals surface area (Å²) in [5.74, 6) is -1.15. The predicted molar refractivity (Wildman–Crippen MR) is 105 cm³/mol. The van der Waals surface area contributed by atoms with Crippen LogP contribution in [0.4, 0.5) is 0 Å². The molecule has 3 heterocycles. The van der Waals surface area contributed by atoms with Gasteiger partial charge in [0.1, 0.15) is 11.1 Å². The third kappa shape index (κ3) is 3.78. The number of hydrogen-bond donors (Lipinski definition) is 2. The second kappa shape index (κ2) is 8.41. The van der Waals surface area contributed by atoms with Crippen molar-refractivity contribution in [2.45, 2.75) is 56.0 Å². The molecule has 11 heteroatoms. The number of nitrogens with two attached hydrogens (primary N) is 1. The van der Waals surface area contributed by atoms with Crippen LogP contribution in [0.1, 0.15) is 55.1 Å². The minimum Gasteiger partial charge on any atom is -0.465 e. The van der Waals surface area contributed by atoms with Crippen LogP contribution in [0.5, 0.6) is 0 Å². The van der Waals surface area contributed by atoms with E-state index in [2.05, 4.69) is 15.1 Å². The monoisotopic (exact) mass is 427 g/mol. The number of H-pyrrole nitrogens is 1. The van der Waals surface area contributed by atoms with Gasteiger partial charge in [0.15, 0.2) is 0 Å². The number of esters is 1. The summed E-state index contributed by atoms with van der Waals surface area (Å²) in [6.07, 6.45) is 4.19. The van der Waals surface area contributed by atoms with Crippen molar-refractivity contribution in [1.82, 2.24) is 19.4 Å². The van der Waals surface area contributed by atoms with E-state index in [4.69, 9.17) is 10.5 Å². The largest absolute Gasteiger partial charge is 0.465 e. The van der Waals surface area contributed by atoms with Crippen molar-refractivity contribution in [3.63, 3.8) is 0 Å². The number of aryl methyl sites for hydroxylation is 1. The third-order valence-corrected chi connectivity index (χ3v) is 7.93. The van der Waals surface area contributed by atoms with Gasteiger partial charge in [-0.3, -0.25) is 14.8 Å². The van der Waals surface area contributed by atoms with Gasteiger partial charge in [-0.2, -0.15) is 9.40 Å². The maximum atomic E-state index is 13.2. The third-order valence-electron chi connectivity index (χ3n) is 6.10. The van der Waals surface area contributed by atoms with Gasteiger partial charge in [0.25, 0.3) is 10.0 Å². The molecule has 0 aromatic carbocycles. The topological polar surface area (TPSA) is 139 Å². The fourth-order valence-corrected chi connectivity index (χ4v) is 5.91. The number of likely N-dealkylation sites (tertiary alicyclic amines) is 1. The maximum absolute atomic E-state index is 13.2. The number of aromatic nitrogens is 2. The van der Waals surface area contributed by atoms with Crippen molar-refractivity contribution in [3.8, 4) is 0 Å².